The maximum absolute atomic E-state index is 12.6. The number of halogens is 1. The smallest absolute Gasteiger partial charge is 0.255 e. The zero-order valence-corrected chi connectivity index (χ0v) is 15.2. The highest BCUT2D eigenvalue weighted by Crippen LogP contribution is 2.38. The fourth-order valence-electron chi connectivity index (χ4n) is 2.40. The summed E-state index contributed by atoms with van der Waals surface area (Å²) in [5.41, 5.74) is 0.359. The minimum absolute atomic E-state index is 0.148. The van der Waals surface area contributed by atoms with Crippen LogP contribution in [-0.4, -0.2) is 34.6 Å². The number of benzene rings is 2. The van der Waals surface area contributed by atoms with Crippen LogP contribution in [0.25, 0.3) is 0 Å². The van der Waals surface area contributed by atoms with E-state index in [1.165, 1.54) is 37.4 Å². The van der Waals surface area contributed by atoms with Crippen LogP contribution in [0.2, 0.25) is 5.02 Å². The van der Waals surface area contributed by atoms with Crippen LogP contribution in [0, 0.1) is 0 Å². The molecule has 26 heavy (non-hydrogen) atoms. The lowest BCUT2D eigenvalue weighted by Crippen LogP contribution is -2.18. The lowest BCUT2D eigenvalue weighted by atomic mass is 10.1. The van der Waals surface area contributed by atoms with Crippen LogP contribution >= 0.6 is 11.6 Å². The lowest BCUT2D eigenvalue weighted by molar-refractivity contribution is 0.102. The number of fused-ring (bicyclic) bond motifs is 1. The Kier molecular flexibility index (Phi) is 4.94. The summed E-state index contributed by atoms with van der Waals surface area (Å²) in [6.07, 6.45) is 0. The Morgan fingerprint density at radius 2 is 1.96 bits per heavy atom. The van der Waals surface area contributed by atoms with E-state index in [2.05, 4.69) is 5.32 Å². The molecule has 138 valence electrons. The van der Waals surface area contributed by atoms with Crippen LogP contribution in [0.5, 0.6) is 17.2 Å². The third kappa shape index (κ3) is 3.69. The Hall–Kier alpha value is -2.49. The second-order valence-electron chi connectivity index (χ2n) is 5.34. The SMILES string of the molecule is COc1ccc(S(N)(=O)=O)cc1NC(=O)c1cc(Cl)c2c(c1)OCCO2. The third-order valence-electron chi connectivity index (χ3n) is 3.61. The van der Waals surface area contributed by atoms with Gasteiger partial charge in [0, 0.05) is 5.56 Å². The highest BCUT2D eigenvalue weighted by atomic mass is 35.5. The summed E-state index contributed by atoms with van der Waals surface area (Å²) in [5, 5.41) is 7.95. The van der Waals surface area contributed by atoms with Gasteiger partial charge in [-0.1, -0.05) is 11.6 Å². The summed E-state index contributed by atoms with van der Waals surface area (Å²) in [6.45, 7) is 0.717. The first kappa shape index (κ1) is 18.3. The first-order valence-corrected chi connectivity index (χ1v) is 9.33. The minimum Gasteiger partial charge on any atom is -0.495 e. The quantitative estimate of drug-likeness (QED) is 0.813. The number of anilines is 1. The maximum atomic E-state index is 12.6. The monoisotopic (exact) mass is 398 g/mol. The summed E-state index contributed by atoms with van der Waals surface area (Å²) < 4.78 is 39.0. The third-order valence-corrected chi connectivity index (χ3v) is 4.80. The molecule has 0 bridgehead atoms. The molecule has 0 aliphatic carbocycles. The van der Waals surface area contributed by atoms with E-state index in [9.17, 15) is 13.2 Å². The molecule has 0 aromatic heterocycles. The summed E-state index contributed by atoms with van der Waals surface area (Å²) >= 11 is 6.13. The minimum atomic E-state index is -3.93. The number of methoxy groups -OCH3 is 1. The van der Waals surface area contributed by atoms with Crippen molar-refractivity contribution in [3.63, 3.8) is 0 Å². The number of hydrogen-bond donors (Lipinski definition) is 2. The van der Waals surface area contributed by atoms with Crippen LogP contribution in [0.4, 0.5) is 5.69 Å². The molecule has 10 heteroatoms. The molecule has 2 aromatic rings. The molecule has 0 saturated carbocycles. The van der Waals surface area contributed by atoms with Gasteiger partial charge in [-0.2, -0.15) is 0 Å². The molecule has 3 N–H and O–H groups in total. The molecule has 8 nitrogen and oxygen atoms in total. The van der Waals surface area contributed by atoms with Crippen molar-refractivity contribution in [1.29, 1.82) is 0 Å². The Bertz CT molecular complexity index is 977. The summed E-state index contributed by atoms with van der Waals surface area (Å²) in [4.78, 5) is 12.4. The highest BCUT2D eigenvalue weighted by molar-refractivity contribution is 7.89. The number of carbonyl (C=O) groups excluding carboxylic acids is 1. The van der Waals surface area contributed by atoms with E-state index in [1.807, 2.05) is 0 Å². The van der Waals surface area contributed by atoms with Gasteiger partial charge < -0.3 is 19.5 Å². The van der Waals surface area contributed by atoms with Crippen LogP contribution in [0.15, 0.2) is 35.2 Å². The molecular weight excluding hydrogens is 384 g/mol. The highest BCUT2D eigenvalue weighted by Gasteiger charge is 2.20. The van der Waals surface area contributed by atoms with Crippen molar-refractivity contribution in [2.24, 2.45) is 5.14 Å². The fraction of sp³-hybridized carbons (Fsp3) is 0.188. The first-order valence-electron chi connectivity index (χ1n) is 7.41. The molecular formula is C16H15ClN2O6S. The predicted molar refractivity (Wildman–Crippen MR) is 94.8 cm³/mol. The van der Waals surface area contributed by atoms with E-state index in [-0.39, 0.29) is 26.9 Å². The number of carbonyl (C=O) groups is 1. The largest absolute Gasteiger partial charge is 0.495 e. The van der Waals surface area contributed by atoms with E-state index in [0.29, 0.717) is 24.7 Å². The number of amides is 1. The molecule has 0 spiro atoms. The Morgan fingerprint density at radius 1 is 1.23 bits per heavy atom. The number of hydrogen-bond acceptors (Lipinski definition) is 6. The molecule has 0 radical (unpaired) electrons. The van der Waals surface area contributed by atoms with Crippen molar-refractivity contribution in [2.75, 3.05) is 25.6 Å². The molecule has 0 saturated heterocycles. The van der Waals surface area contributed by atoms with E-state index >= 15 is 0 Å². The molecule has 1 amide bonds. The maximum Gasteiger partial charge on any atom is 0.255 e. The number of rotatable bonds is 4. The molecule has 0 fully saturated rings. The number of ether oxygens (including phenoxy) is 3. The van der Waals surface area contributed by atoms with Gasteiger partial charge >= 0.3 is 0 Å². The molecule has 1 aliphatic rings. The fourth-order valence-corrected chi connectivity index (χ4v) is 3.20. The van der Waals surface area contributed by atoms with Gasteiger partial charge in [-0.15, -0.1) is 0 Å². The van der Waals surface area contributed by atoms with E-state index in [4.69, 9.17) is 31.0 Å². The lowest BCUT2D eigenvalue weighted by Gasteiger charge is -2.20. The van der Waals surface area contributed by atoms with Gasteiger partial charge in [-0.05, 0) is 30.3 Å². The van der Waals surface area contributed by atoms with Crippen LogP contribution in [0.3, 0.4) is 0 Å². The first-order chi connectivity index (χ1) is 12.3. The number of nitrogens with one attached hydrogen (secondary N) is 1. The summed E-state index contributed by atoms with van der Waals surface area (Å²) in [5.74, 6) is 0.477. The number of sulfonamides is 1. The van der Waals surface area contributed by atoms with E-state index < -0.39 is 15.9 Å². The van der Waals surface area contributed by atoms with Gasteiger partial charge in [0.05, 0.1) is 22.7 Å². The Morgan fingerprint density at radius 3 is 2.65 bits per heavy atom. The standard InChI is InChI=1S/C16H15ClN2O6S/c1-23-13-3-2-10(26(18,21)22)8-12(13)19-16(20)9-6-11(17)15-14(7-9)24-4-5-25-15/h2-3,6-8H,4-5H2,1H3,(H,19,20)(H2,18,21,22). The Labute approximate surface area is 154 Å². The molecule has 2 aromatic carbocycles. The van der Waals surface area contributed by atoms with Crippen molar-refractivity contribution in [3.05, 3.63) is 40.9 Å². The molecule has 1 aliphatic heterocycles. The zero-order chi connectivity index (χ0) is 18.9. The Balaban J connectivity index is 1.94. The summed E-state index contributed by atoms with van der Waals surface area (Å²) in [6, 6.07) is 6.81. The molecule has 0 unspecified atom stereocenters. The van der Waals surface area contributed by atoms with E-state index in [0.717, 1.165) is 0 Å². The predicted octanol–water partition coefficient (Wildman–Crippen LogP) is 2.02. The molecule has 3 rings (SSSR count). The van der Waals surface area contributed by atoms with Crippen LogP contribution in [-0.2, 0) is 10.0 Å². The molecule has 0 atom stereocenters. The van der Waals surface area contributed by atoms with Crippen LogP contribution in [0.1, 0.15) is 10.4 Å². The van der Waals surface area contributed by atoms with Crippen molar-refractivity contribution in [2.45, 2.75) is 4.90 Å². The second kappa shape index (κ2) is 7.02. The second-order valence-corrected chi connectivity index (χ2v) is 7.31. The van der Waals surface area contributed by atoms with Gasteiger partial charge in [-0.3, -0.25) is 4.79 Å². The van der Waals surface area contributed by atoms with Crippen molar-refractivity contribution in [3.8, 4) is 17.2 Å². The zero-order valence-electron chi connectivity index (χ0n) is 13.6. The van der Waals surface area contributed by atoms with Gasteiger partial charge in [0.25, 0.3) is 5.91 Å². The average Bonchev–Trinajstić information content (AvgIpc) is 2.60. The van der Waals surface area contributed by atoms with Crippen molar-refractivity contribution in [1.82, 2.24) is 0 Å². The van der Waals surface area contributed by atoms with Gasteiger partial charge in [0.1, 0.15) is 19.0 Å². The van der Waals surface area contributed by atoms with E-state index in [1.54, 1.807) is 0 Å². The van der Waals surface area contributed by atoms with Gasteiger partial charge in [0.2, 0.25) is 10.0 Å². The number of nitrogens with two attached hydrogens (primary N) is 1. The average molecular weight is 399 g/mol. The van der Waals surface area contributed by atoms with Gasteiger partial charge in [-0.25, -0.2) is 13.6 Å². The van der Waals surface area contributed by atoms with Crippen LogP contribution < -0.4 is 24.7 Å². The summed E-state index contributed by atoms with van der Waals surface area (Å²) in [7, 11) is -2.54. The normalized spacial score (nSPS) is 13.2. The number of primary sulfonamides is 1. The van der Waals surface area contributed by atoms with Crippen molar-refractivity contribution >= 4 is 33.2 Å². The van der Waals surface area contributed by atoms with Gasteiger partial charge in [0.15, 0.2) is 11.5 Å². The van der Waals surface area contributed by atoms with Crippen molar-refractivity contribution < 1.29 is 27.4 Å². The molecule has 1 heterocycles. The topological polar surface area (TPSA) is 117 Å².